The van der Waals surface area contributed by atoms with E-state index in [0.29, 0.717) is 17.7 Å². The second kappa shape index (κ2) is 5.93. The summed E-state index contributed by atoms with van der Waals surface area (Å²) in [7, 11) is 0. The molecule has 0 bridgehead atoms. The van der Waals surface area contributed by atoms with Crippen LogP contribution in [0.3, 0.4) is 0 Å². The van der Waals surface area contributed by atoms with Crippen molar-refractivity contribution in [3.63, 3.8) is 0 Å². The lowest BCUT2D eigenvalue weighted by Crippen LogP contribution is -2.28. The number of hydrogen-bond donors (Lipinski definition) is 2. The molecule has 0 saturated carbocycles. The predicted octanol–water partition coefficient (Wildman–Crippen LogP) is 1.32. The number of fused-ring (bicyclic) bond motifs is 1. The summed E-state index contributed by atoms with van der Waals surface area (Å²) in [5.74, 6) is -0.600. The number of amides is 2. The van der Waals surface area contributed by atoms with Gasteiger partial charge in [-0.1, -0.05) is 0 Å². The van der Waals surface area contributed by atoms with E-state index in [-0.39, 0.29) is 11.8 Å². The van der Waals surface area contributed by atoms with Crippen molar-refractivity contribution in [1.82, 2.24) is 9.97 Å². The van der Waals surface area contributed by atoms with Gasteiger partial charge < -0.3 is 11.1 Å². The molecule has 1 unspecified atom stereocenters. The molecule has 1 aliphatic carbocycles. The van der Waals surface area contributed by atoms with E-state index in [9.17, 15) is 9.59 Å². The summed E-state index contributed by atoms with van der Waals surface area (Å²) in [5, 5.41) is 2.88. The zero-order valence-electron chi connectivity index (χ0n) is 12.0. The summed E-state index contributed by atoms with van der Waals surface area (Å²) in [6.07, 6.45) is 5.54. The summed E-state index contributed by atoms with van der Waals surface area (Å²) in [6, 6.07) is 6.56. The minimum Gasteiger partial charge on any atom is -0.366 e. The lowest BCUT2D eigenvalue weighted by atomic mass is 9.86. The average Bonchev–Trinajstić information content (AvgIpc) is 2.55. The van der Waals surface area contributed by atoms with Gasteiger partial charge in [0.2, 0.25) is 11.8 Å². The number of carbonyl (C=O) groups excluding carboxylic acids is 2. The van der Waals surface area contributed by atoms with E-state index >= 15 is 0 Å². The van der Waals surface area contributed by atoms with Crippen LogP contribution in [-0.2, 0) is 17.6 Å². The summed E-state index contributed by atoms with van der Waals surface area (Å²) in [6.45, 7) is 0. The Labute approximate surface area is 127 Å². The fourth-order valence-corrected chi connectivity index (χ4v) is 2.64. The molecule has 1 atom stereocenters. The number of hydrogen-bond acceptors (Lipinski definition) is 4. The van der Waals surface area contributed by atoms with Crippen LogP contribution in [-0.4, -0.2) is 21.8 Å². The minimum atomic E-state index is -0.484. The van der Waals surface area contributed by atoms with Crippen molar-refractivity contribution in [2.45, 2.75) is 19.3 Å². The quantitative estimate of drug-likeness (QED) is 0.892. The van der Waals surface area contributed by atoms with Gasteiger partial charge in [0.05, 0.1) is 0 Å². The standard InChI is InChI=1S/C16H16N4O2/c17-15(21)10-1-4-13(5-2-10)20-16(22)11-3-6-14-12(7-11)8-18-9-19-14/h1-2,4-5,8-9,11H,3,6-7H2,(H2,17,21)(H,20,22). The Kier molecular flexibility index (Phi) is 3.82. The van der Waals surface area contributed by atoms with Gasteiger partial charge >= 0.3 is 0 Å². The van der Waals surface area contributed by atoms with Gasteiger partial charge in [0.1, 0.15) is 6.33 Å². The van der Waals surface area contributed by atoms with Crippen LogP contribution in [0.2, 0.25) is 0 Å². The van der Waals surface area contributed by atoms with Gasteiger partial charge in [0, 0.05) is 29.1 Å². The van der Waals surface area contributed by atoms with Crippen LogP contribution < -0.4 is 11.1 Å². The second-order valence-electron chi connectivity index (χ2n) is 5.37. The number of benzene rings is 1. The monoisotopic (exact) mass is 296 g/mol. The highest BCUT2D eigenvalue weighted by Crippen LogP contribution is 2.24. The fourth-order valence-electron chi connectivity index (χ4n) is 2.64. The first-order valence-electron chi connectivity index (χ1n) is 7.12. The van der Waals surface area contributed by atoms with E-state index in [0.717, 1.165) is 24.1 Å². The van der Waals surface area contributed by atoms with Crippen LogP contribution in [0.4, 0.5) is 5.69 Å². The van der Waals surface area contributed by atoms with Crippen molar-refractivity contribution in [2.75, 3.05) is 5.32 Å². The molecule has 6 nitrogen and oxygen atoms in total. The van der Waals surface area contributed by atoms with Crippen molar-refractivity contribution in [3.05, 3.63) is 53.6 Å². The molecule has 2 amide bonds. The van der Waals surface area contributed by atoms with Crippen LogP contribution in [0.15, 0.2) is 36.8 Å². The summed E-state index contributed by atoms with van der Waals surface area (Å²) in [4.78, 5) is 31.6. The first-order valence-corrected chi connectivity index (χ1v) is 7.12. The molecule has 112 valence electrons. The van der Waals surface area contributed by atoms with Crippen molar-refractivity contribution in [2.24, 2.45) is 11.7 Å². The topological polar surface area (TPSA) is 98.0 Å². The molecule has 3 rings (SSSR count). The molecule has 22 heavy (non-hydrogen) atoms. The molecule has 0 aliphatic heterocycles. The maximum Gasteiger partial charge on any atom is 0.248 e. The third-order valence-corrected chi connectivity index (χ3v) is 3.88. The summed E-state index contributed by atoms with van der Waals surface area (Å²) in [5.41, 5.74) is 8.34. The number of nitrogens with one attached hydrogen (secondary N) is 1. The molecule has 1 aromatic carbocycles. The molecule has 1 heterocycles. The predicted molar refractivity (Wildman–Crippen MR) is 81.1 cm³/mol. The number of aromatic nitrogens is 2. The molecule has 0 fully saturated rings. The summed E-state index contributed by atoms with van der Waals surface area (Å²) < 4.78 is 0. The SMILES string of the molecule is NC(=O)c1ccc(NC(=O)C2CCc3ncncc3C2)cc1. The van der Waals surface area contributed by atoms with E-state index in [1.807, 2.05) is 0 Å². The lowest BCUT2D eigenvalue weighted by molar-refractivity contribution is -0.120. The third kappa shape index (κ3) is 2.95. The first-order chi connectivity index (χ1) is 10.6. The molecular formula is C16H16N4O2. The van der Waals surface area contributed by atoms with Gasteiger partial charge in [-0.15, -0.1) is 0 Å². The highest BCUT2D eigenvalue weighted by Gasteiger charge is 2.25. The van der Waals surface area contributed by atoms with Gasteiger partial charge in [0.25, 0.3) is 0 Å². The van der Waals surface area contributed by atoms with Gasteiger partial charge in [-0.3, -0.25) is 9.59 Å². The zero-order valence-corrected chi connectivity index (χ0v) is 12.0. The molecule has 3 N–H and O–H groups in total. The van der Waals surface area contributed by atoms with Gasteiger partial charge in [0.15, 0.2) is 0 Å². The number of nitrogens with zero attached hydrogens (tertiary/aromatic N) is 2. The van der Waals surface area contributed by atoms with Crippen LogP contribution in [0.25, 0.3) is 0 Å². The number of primary amides is 1. The Balaban J connectivity index is 1.66. The number of aryl methyl sites for hydroxylation is 1. The highest BCUT2D eigenvalue weighted by atomic mass is 16.2. The number of nitrogens with two attached hydrogens (primary N) is 1. The largest absolute Gasteiger partial charge is 0.366 e. The Morgan fingerprint density at radius 1 is 1.23 bits per heavy atom. The third-order valence-electron chi connectivity index (χ3n) is 3.88. The molecule has 1 aromatic heterocycles. The fraction of sp³-hybridized carbons (Fsp3) is 0.250. The van der Waals surface area contributed by atoms with E-state index in [1.165, 1.54) is 0 Å². The molecular weight excluding hydrogens is 280 g/mol. The Morgan fingerprint density at radius 3 is 2.73 bits per heavy atom. The van der Waals surface area contributed by atoms with Crippen LogP contribution in [0, 0.1) is 5.92 Å². The minimum absolute atomic E-state index is 0.0265. The van der Waals surface area contributed by atoms with Crippen molar-refractivity contribution >= 4 is 17.5 Å². The molecule has 1 aliphatic rings. The van der Waals surface area contributed by atoms with Crippen LogP contribution in [0.5, 0.6) is 0 Å². The number of anilines is 1. The molecule has 2 aromatic rings. The first kappa shape index (κ1) is 14.2. The smallest absolute Gasteiger partial charge is 0.248 e. The Morgan fingerprint density at radius 2 is 2.00 bits per heavy atom. The van der Waals surface area contributed by atoms with Crippen LogP contribution in [0.1, 0.15) is 28.0 Å². The van der Waals surface area contributed by atoms with E-state index in [1.54, 1.807) is 36.8 Å². The number of carbonyl (C=O) groups is 2. The maximum absolute atomic E-state index is 12.4. The van der Waals surface area contributed by atoms with Crippen molar-refractivity contribution < 1.29 is 9.59 Å². The van der Waals surface area contributed by atoms with Gasteiger partial charge in [-0.2, -0.15) is 0 Å². The second-order valence-corrected chi connectivity index (χ2v) is 5.37. The number of rotatable bonds is 3. The Hall–Kier alpha value is -2.76. The summed E-state index contributed by atoms with van der Waals surface area (Å²) >= 11 is 0. The maximum atomic E-state index is 12.4. The normalized spacial score (nSPS) is 16.6. The molecule has 0 radical (unpaired) electrons. The van der Waals surface area contributed by atoms with Crippen molar-refractivity contribution in [3.8, 4) is 0 Å². The van der Waals surface area contributed by atoms with Crippen LogP contribution >= 0.6 is 0 Å². The van der Waals surface area contributed by atoms with Crippen molar-refractivity contribution in [1.29, 1.82) is 0 Å². The zero-order chi connectivity index (χ0) is 15.5. The van der Waals surface area contributed by atoms with Gasteiger partial charge in [-0.05, 0) is 49.1 Å². The van der Waals surface area contributed by atoms with E-state index in [4.69, 9.17) is 5.73 Å². The molecule has 0 saturated heterocycles. The average molecular weight is 296 g/mol. The van der Waals surface area contributed by atoms with E-state index in [2.05, 4.69) is 15.3 Å². The molecule has 6 heteroatoms. The Bertz CT molecular complexity index is 712. The highest BCUT2D eigenvalue weighted by molar-refractivity contribution is 5.95. The lowest BCUT2D eigenvalue weighted by Gasteiger charge is -2.22. The van der Waals surface area contributed by atoms with E-state index < -0.39 is 5.91 Å². The van der Waals surface area contributed by atoms with Gasteiger partial charge in [-0.25, -0.2) is 9.97 Å². The molecule has 0 spiro atoms.